The van der Waals surface area contributed by atoms with Gasteiger partial charge in [0.15, 0.2) is 5.96 Å². The van der Waals surface area contributed by atoms with Gasteiger partial charge in [0.2, 0.25) is 15.9 Å². The predicted molar refractivity (Wildman–Crippen MR) is 121 cm³/mol. The summed E-state index contributed by atoms with van der Waals surface area (Å²) < 4.78 is 28.1. The van der Waals surface area contributed by atoms with E-state index in [-0.39, 0.29) is 23.9 Å². The molecular formula is C20H26N6O5S. The third kappa shape index (κ3) is 8.22. The maximum Gasteiger partial charge on any atom is 0.275 e. The first-order chi connectivity index (χ1) is 15.2. The Hall–Kier alpha value is -3.67. The molecule has 0 aliphatic rings. The number of amides is 1. The van der Waals surface area contributed by atoms with Crippen molar-refractivity contribution >= 4 is 33.9 Å². The highest BCUT2D eigenvalue weighted by atomic mass is 32.2. The molecule has 6 N–H and O–H groups in total. The first kappa shape index (κ1) is 24.6. The van der Waals surface area contributed by atoms with E-state index in [0.717, 1.165) is 4.57 Å². The van der Waals surface area contributed by atoms with Crippen molar-refractivity contribution in [3.8, 4) is 0 Å². The number of hydrogen-bond donors (Lipinski definition) is 4. The Labute approximate surface area is 185 Å². The SMILES string of the molecule is NC(N)=NCCCC(C=O)NC(=O)Cn1cccc(NS(=O)(=O)Cc2ccccc2)c1=O. The van der Waals surface area contributed by atoms with Gasteiger partial charge in [0, 0.05) is 12.7 Å². The number of carbonyl (C=O) groups excluding carboxylic acids is 2. The standard InChI is InChI=1S/C20H26N6O5S/c21-20(22)23-10-4-8-16(13-27)24-18(28)12-26-11-5-9-17(19(26)29)25-32(30,31)14-15-6-2-1-3-7-15/h1-3,5-7,9,11,13,16,25H,4,8,10,12,14H2,(H,24,28)(H4,21,22,23). The molecule has 12 heteroatoms. The van der Waals surface area contributed by atoms with E-state index in [0.29, 0.717) is 31.2 Å². The van der Waals surface area contributed by atoms with Crippen molar-refractivity contribution in [1.29, 1.82) is 0 Å². The summed E-state index contributed by atoms with van der Waals surface area (Å²) in [6.07, 6.45) is 2.73. The number of pyridine rings is 1. The van der Waals surface area contributed by atoms with Crippen molar-refractivity contribution < 1.29 is 18.0 Å². The van der Waals surface area contributed by atoms with Crippen LogP contribution in [0.5, 0.6) is 0 Å². The zero-order valence-corrected chi connectivity index (χ0v) is 18.1. The molecule has 1 atom stereocenters. The van der Waals surface area contributed by atoms with Crippen LogP contribution in [0, 0.1) is 0 Å². The molecule has 1 heterocycles. The van der Waals surface area contributed by atoms with Crippen molar-refractivity contribution in [3.05, 3.63) is 64.6 Å². The number of rotatable bonds is 12. The van der Waals surface area contributed by atoms with Crippen molar-refractivity contribution in [3.63, 3.8) is 0 Å². The van der Waals surface area contributed by atoms with Crippen LogP contribution in [0.25, 0.3) is 0 Å². The number of nitrogens with one attached hydrogen (secondary N) is 2. The summed E-state index contributed by atoms with van der Waals surface area (Å²) in [5, 5.41) is 2.51. The smallest absolute Gasteiger partial charge is 0.275 e. The number of aldehydes is 1. The monoisotopic (exact) mass is 462 g/mol. The molecule has 2 rings (SSSR count). The molecule has 1 amide bonds. The minimum atomic E-state index is -3.84. The molecule has 1 aromatic heterocycles. The molecule has 1 unspecified atom stereocenters. The molecule has 0 bridgehead atoms. The molecule has 32 heavy (non-hydrogen) atoms. The van der Waals surface area contributed by atoms with Crippen LogP contribution >= 0.6 is 0 Å². The van der Waals surface area contributed by atoms with E-state index in [2.05, 4.69) is 15.0 Å². The lowest BCUT2D eigenvalue weighted by atomic mass is 10.2. The second-order valence-corrected chi connectivity index (χ2v) is 8.68. The average Bonchev–Trinajstić information content (AvgIpc) is 2.73. The Kier molecular flexibility index (Phi) is 8.95. The van der Waals surface area contributed by atoms with Crippen molar-refractivity contribution in [2.24, 2.45) is 16.5 Å². The van der Waals surface area contributed by atoms with E-state index in [9.17, 15) is 22.8 Å². The van der Waals surface area contributed by atoms with Gasteiger partial charge in [0.1, 0.15) is 18.5 Å². The van der Waals surface area contributed by atoms with Crippen LogP contribution in [-0.2, 0) is 31.9 Å². The van der Waals surface area contributed by atoms with E-state index < -0.39 is 27.5 Å². The first-order valence-corrected chi connectivity index (χ1v) is 11.4. The van der Waals surface area contributed by atoms with Crippen LogP contribution < -0.4 is 27.1 Å². The zero-order valence-electron chi connectivity index (χ0n) is 17.3. The summed E-state index contributed by atoms with van der Waals surface area (Å²) >= 11 is 0. The van der Waals surface area contributed by atoms with Gasteiger partial charge in [0.25, 0.3) is 5.56 Å². The number of aliphatic imine (C=N–C) groups is 1. The van der Waals surface area contributed by atoms with Gasteiger partial charge < -0.3 is 26.1 Å². The van der Waals surface area contributed by atoms with E-state index in [1.54, 1.807) is 30.3 Å². The molecule has 11 nitrogen and oxygen atoms in total. The van der Waals surface area contributed by atoms with E-state index in [1.807, 2.05) is 0 Å². The molecule has 172 valence electrons. The average molecular weight is 463 g/mol. The van der Waals surface area contributed by atoms with Crippen LogP contribution in [-0.4, -0.2) is 43.7 Å². The number of sulfonamides is 1. The molecule has 0 saturated carbocycles. The van der Waals surface area contributed by atoms with Gasteiger partial charge in [-0.1, -0.05) is 30.3 Å². The number of aromatic nitrogens is 1. The van der Waals surface area contributed by atoms with Gasteiger partial charge in [-0.05, 0) is 30.5 Å². The van der Waals surface area contributed by atoms with Gasteiger partial charge in [-0.25, -0.2) is 8.42 Å². The lowest BCUT2D eigenvalue weighted by molar-refractivity contribution is -0.124. The topological polar surface area (TPSA) is 179 Å². The van der Waals surface area contributed by atoms with Gasteiger partial charge in [0.05, 0.1) is 11.8 Å². The van der Waals surface area contributed by atoms with Crippen molar-refractivity contribution in [2.75, 3.05) is 11.3 Å². The molecule has 0 saturated heterocycles. The number of guanidine groups is 1. The second-order valence-electron chi connectivity index (χ2n) is 6.96. The Morgan fingerprint density at radius 3 is 2.53 bits per heavy atom. The molecule has 0 radical (unpaired) electrons. The zero-order chi connectivity index (χ0) is 23.6. The highest BCUT2D eigenvalue weighted by molar-refractivity contribution is 7.91. The Morgan fingerprint density at radius 1 is 1.16 bits per heavy atom. The number of nitrogens with zero attached hydrogens (tertiary/aromatic N) is 2. The van der Waals surface area contributed by atoms with Gasteiger partial charge >= 0.3 is 0 Å². The fourth-order valence-electron chi connectivity index (χ4n) is 2.84. The first-order valence-electron chi connectivity index (χ1n) is 9.74. The maximum absolute atomic E-state index is 12.6. The molecule has 0 aliphatic heterocycles. The van der Waals surface area contributed by atoms with Crippen LogP contribution in [0.1, 0.15) is 18.4 Å². The molecule has 0 fully saturated rings. The minimum Gasteiger partial charge on any atom is -0.370 e. The van der Waals surface area contributed by atoms with Gasteiger partial charge in [-0.15, -0.1) is 0 Å². The van der Waals surface area contributed by atoms with E-state index >= 15 is 0 Å². The molecule has 0 aliphatic carbocycles. The summed E-state index contributed by atoms with van der Waals surface area (Å²) in [6, 6.07) is 10.5. The van der Waals surface area contributed by atoms with Crippen molar-refractivity contribution in [1.82, 2.24) is 9.88 Å². The van der Waals surface area contributed by atoms with Crippen LogP contribution in [0.2, 0.25) is 0 Å². The fourth-order valence-corrected chi connectivity index (χ4v) is 4.03. The van der Waals surface area contributed by atoms with Gasteiger partial charge in [-0.2, -0.15) is 0 Å². The summed E-state index contributed by atoms with van der Waals surface area (Å²) in [5.74, 6) is -0.936. The summed E-state index contributed by atoms with van der Waals surface area (Å²) in [4.78, 5) is 39.9. The maximum atomic E-state index is 12.6. The molecule has 0 spiro atoms. The van der Waals surface area contributed by atoms with Crippen LogP contribution in [0.3, 0.4) is 0 Å². The molecular weight excluding hydrogens is 436 g/mol. The molecule has 1 aromatic carbocycles. The van der Waals surface area contributed by atoms with Crippen molar-refractivity contribution in [2.45, 2.75) is 31.2 Å². The minimum absolute atomic E-state index is 0.0599. The Balaban J connectivity index is 2.00. The number of carbonyl (C=O) groups is 2. The predicted octanol–water partition coefficient (Wildman–Crippen LogP) is -0.472. The van der Waals surface area contributed by atoms with Crippen LogP contribution in [0.4, 0.5) is 5.69 Å². The normalized spacial score (nSPS) is 11.9. The number of hydrogen-bond acceptors (Lipinski definition) is 6. The Morgan fingerprint density at radius 2 is 1.88 bits per heavy atom. The lowest BCUT2D eigenvalue weighted by Gasteiger charge is -2.14. The van der Waals surface area contributed by atoms with Crippen LogP contribution in [0.15, 0.2) is 58.4 Å². The highest BCUT2D eigenvalue weighted by Gasteiger charge is 2.16. The van der Waals surface area contributed by atoms with E-state index in [4.69, 9.17) is 11.5 Å². The highest BCUT2D eigenvalue weighted by Crippen LogP contribution is 2.09. The summed E-state index contributed by atoms with van der Waals surface area (Å²) in [5.41, 5.74) is 10.1. The quantitative estimate of drug-likeness (QED) is 0.142. The number of anilines is 1. The number of benzene rings is 1. The third-order valence-corrected chi connectivity index (χ3v) is 5.52. The molecule has 2 aromatic rings. The third-order valence-electron chi connectivity index (χ3n) is 4.28. The largest absolute Gasteiger partial charge is 0.370 e. The summed E-state index contributed by atoms with van der Waals surface area (Å²) in [6.45, 7) is -0.0709. The fraction of sp³-hybridized carbons (Fsp3) is 0.300. The number of nitrogens with two attached hydrogens (primary N) is 2. The Bertz CT molecular complexity index is 1110. The lowest BCUT2D eigenvalue weighted by Crippen LogP contribution is -2.40. The summed E-state index contributed by atoms with van der Waals surface area (Å²) in [7, 11) is -3.84. The second kappa shape index (κ2) is 11.6. The van der Waals surface area contributed by atoms with Gasteiger partial charge in [-0.3, -0.25) is 19.3 Å². The van der Waals surface area contributed by atoms with E-state index in [1.165, 1.54) is 18.3 Å².